The largest absolute Gasteiger partial charge is 1.00 e. The number of nitrogens with one attached hydrogen (secondary N) is 1. The van der Waals surface area contributed by atoms with Crippen molar-refractivity contribution in [2.24, 2.45) is 0 Å². The predicted octanol–water partition coefficient (Wildman–Crippen LogP) is 0.418. The van der Waals surface area contributed by atoms with Crippen molar-refractivity contribution >= 4 is 29.1 Å². The summed E-state index contributed by atoms with van der Waals surface area (Å²) in [7, 11) is 1.91. The monoisotopic (exact) mass is 426 g/mol. The quantitative estimate of drug-likeness (QED) is 0.710. The molecule has 0 aromatic heterocycles. The highest BCUT2D eigenvalue weighted by Crippen LogP contribution is 2.24. The minimum atomic E-state index is 0. The summed E-state index contributed by atoms with van der Waals surface area (Å²) in [5.41, 5.74) is 2.08. The molecular formula is C21H25Cl3N2O. The van der Waals surface area contributed by atoms with Crippen LogP contribution in [0.15, 0.2) is 48.5 Å². The van der Waals surface area contributed by atoms with E-state index >= 15 is 0 Å². The lowest BCUT2D eigenvalue weighted by Gasteiger charge is -2.30. The number of benzene rings is 2. The molecule has 27 heavy (non-hydrogen) atoms. The van der Waals surface area contributed by atoms with Gasteiger partial charge in [0, 0.05) is 19.9 Å². The summed E-state index contributed by atoms with van der Waals surface area (Å²) in [6, 6.07) is 15.8. The van der Waals surface area contributed by atoms with Crippen molar-refractivity contribution in [3.8, 4) is 0 Å². The molecule has 3 nitrogen and oxygen atoms in total. The summed E-state index contributed by atoms with van der Waals surface area (Å²) in [4.78, 5) is 16.4. The lowest BCUT2D eigenvalue weighted by Crippen LogP contribution is -3.10. The van der Waals surface area contributed by atoms with Gasteiger partial charge in [-0.1, -0.05) is 59.6 Å². The van der Waals surface area contributed by atoms with E-state index in [1.807, 2.05) is 36.2 Å². The number of hydrogen-bond acceptors (Lipinski definition) is 1. The fourth-order valence-corrected chi connectivity index (χ4v) is 3.95. The van der Waals surface area contributed by atoms with Crippen LogP contribution in [0.4, 0.5) is 0 Å². The second kappa shape index (κ2) is 10.3. The number of carbonyl (C=O) groups is 1. The molecule has 1 fully saturated rings. The van der Waals surface area contributed by atoms with E-state index in [1.54, 1.807) is 17.0 Å². The lowest BCUT2D eigenvalue weighted by atomic mass is 10.0. The zero-order chi connectivity index (χ0) is 18.5. The van der Waals surface area contributed by atoms with Crippen molar-refractivity contribution in [1.82, 2.24) is 4.90 Å². The molecule has 0 radical (unpaired) electrons. The van der Waals surface area contributed by atoms with Crippen LogP contribution in [0.3, 0.4) is 0 Å². The van der Waals surface area contributed by atoms with Crippen molar-refractivity contribution in [3.63, 3.8) is 0 Å². The van der Waals surface area contributed by atoms with Gasteiger partial charge in [0.25, 0.3) is 0 Å². The average molecular weight is 428 g/mol. The maximum atomic E-state index is 12.9. The minimum Gasteiger partial charge on any atom is -1.00 e. The number of likely N-dealkylation sites (N-methyl/N-ethyl adjacent to an activating group) is 1. The van der Waals surface area contributed by atoms with Crippen LogP contribution in [-0.2, 0) is 11.2 Å². The summed E-state index contributed by atoms with van der Waals surface area (Å²) in [5, 5.41) is 0.997. The Morgan fingerprint density at radius 3 is 2.37 bits per heavy atom. The Morgan fingerprint density at radius 1 is 1.07 bits per heavy atom. The molecule has 1 amide bonds. The van der Waals surface area contributed by atoms with Gasteiger partial charge in [-0.2, -0.15) is 0 Å². The molecule has 0 saturated carbocycles. The van der Waals surface area contributed by atoms with Gasteiger partial charge in [0.1, 0.15) is 12.6 Å². The first-order chi connectivity index (χ1) is 12.5. The fourth-order valence-electron chi connectivity index (χ4n) is 3.63. The second-order valence-electron chi connectivity index (χ2n) is 7.02. The van der Waals surface area contributed by atoms with E-state index < -0.39 is 0 Å². The molecule has 1 heterocycles. The SMILES string of the molecule is CN(C(=O)Cc1ccc(Cl)c(Cl)c1)[C@H](C[NH+]1CCCC1)c1ccccc1.[Cl-]. The van der Waals surface area contributed by atoms with Crippen molar-refractivity contribution in [3.05, 3.63) is 69.7 Å². The van der Waals surface area contributed by atoms with Gasteiger partial charge in [-0.3, -0.25) is 4.79 Å². The molecule has 1 saturated heterocycles. The molecule has 1 atom stereocenters. The van der Waals surface area contributed by atoms with Gasteiger partial charge < -0.3 is 22.2 Å². The summed E-state index contributed by atoms with van der Waals surface area (Å²) >= 11 is 12.1. The van der Waals surface area contributed by atoms with Crippen molar-refractivity contribution in [1.29, 1.82) is 0 Å². The van der Waals surface area contributed by atoms with E-state index in [0.29, 0.717) is 16.5 Å². The maximum Gasteiger partial charge on any atom is 0.227 e. The number of halogens is 3. The zero-order valence-electron chi connectivity index (χ0n) is 15.4. The Kier molecular flexibility index (Phi) is 8.43. The highest BCUT2D eigenvalue weighted by molar-refractivity contribution is 6.42. The number of likely N-dealkylation sites (tertiary alicyclic amines) is 1. The Hall–Kier alpha value is -1.26. The minimum absolute atomic E-state index is 0. The molecule has 1 aliphatic heterocycles. The van der Waals surface area contributed by atoms with Gasteiger partial charge in [-0.05, 0) is 23.3 Å². The van der Waals surface area contributed by atoms with Gasteiger partial charge in [0.15, 0.2) is 0 Å². The van der Waals surface area contributed by atoms with Gasteiger partial charge >= 0.3 is 0 Å². The van der Waals surface area contributed by atoms with Crippen molar-refractivity contribution in [2.45, 2.75) is 25.3 Å². The number of quaternary nitrogens is 1. The molecule has 0 unspecified atom stereocenters. The van der Waals surface area contributed by atoms with Crippen LogP contribution in [0.25, 0.3) is 0 Å². The second-order valence-corrected chi connectivity index (χ2v) is 7.83. The molecule has 6 heteroatoms. The first-order valence-electron chi connectivity index (χ1n) is 9.12. The highest BCUT2D eigenvalue weighted by Gasteiger charge is 2.28. The molecule has 2 aromatic carbocycles. The molecule has 0 aliphatic carbocycles. The molecule has 0 spiro atoms. The van der Waals surface area contributed by atoms with Crippen LogP contribution in [0.5, 0.6) is 0 Å². The Morgan fingerprint density at radius 2 is 1.74 bits per heavy atom. The topological polar surface area (TPSA) is 24.8 Å². The van der Waals surface area contributed by atoms with Gasteiger partial charge in [0.2, 0.25) is 5.91 Å². The molecule has 3 rings (SSSR count). The number of nitrogens with zero attached hydrogens (tertiary/aromatic N) is 1. The van der Waals surface area contributed by atoms with Gasteiger partial charge in [-0.15, -0.1) is 0 Å². The molecule has 1 aliphatic rings. The molecule has 146 valence electrons. The number of carbonyl (C=O) groups excluding carboxylic acids is 1. The predicted molar refractivity (Wildman–Crippen MR) is 107 cm³/mol. The molecular weight excluding hydrogens is 403 g/mol. The van der Waals surface area contributed by atoms with Crippen LogP contribution in [-0.4, -0.2) is 37.5 Å². The van der Waals surface area contributed by atoms with E-state index in [2.05, 4.69) is 12.1 Å². The van der Waals surface area contributed by atoms with Gasteiger partial charge in [0.05, 0.1) is 29.6 Å². The Bertz CT molecular complexity index is 748. The standard InChI is InChI=1S/C21H24Cl2N2O.ClH/c1-24(21(26)14-16-9-10-18(22)19(23)13-16)20(15-25-11-5-6-12-25)17-7-3-2-4-8-17;/h2-4,7-10,13,20H,5-6,11-12,14-15H2,1H3;1H/t20-;/m1./s1. The van der Waals surface area contributed by atoms with Gasteiger partial charge in [-0.25, -0.2) is 0 Å². The first-order valence-corrected chi connectivity index (χ1v) is 9.88. The lowest BCUT2D eigenvalue weighted by molar-refractivity contribution is -0.890. The smallest absolute Gasteiger partial charge is 0.227 e. The number of rotatable bonds is 6. The number of amides is 1. The summed E-state index contributed by atoms with van der Waals surface area (Å²) in [6.07, 6.45) is 2.88. The summed E-state index contributed by atoms with van der Waals surface area (Å²) < 4.78 is 0. The molecule has 2 aromatic rings. The maximum absolute atomic E-state index is 12.9. The van der Waals surface area contributed by atoms with E-state index in [0.717, 1.165) is 12.1 Å². The Balaban J connectivity index is 0.00000261. The van der Waals surface area contributed by atoms with E-state index in [-0.39, 0.29) is 24.4 Å². The average Bonchev–Trinajstić information content (AvgIpc) is 3.16. The van der Waals surface area contributed by atoms with Crippen LogP contribution in [0.2, 0.25) is 10.0 Å². The summed E-state index contributed by atoms with van der Waals surface area (Å²) in [6.45, 7) is 3.34. The molecule has 0 bridgehead atoms. The highest BCUT2D eigenvalue weighted by atomic mass is 35.5. The van der Waals surface area contributed by atoms with Crippen LogP contribution in [0, 0.1) is 0 Å². The van der Waals surface area contributed by atoms with Crippen LogP contribution in [0.1, 0.15) is 30.0 Å². The van der Waals surface area contributed by atoms with E-state index in [9.17, 15) is 4.79 Å². The van der Waals surface area contributed by atoms with Crippen LogP contribution >= 0.6 is 23.2 Å². The van der Waals surface area contributed by atoms with Crippen LogP contribution < -0.4 is 17.3 Å². The normalized spacial score (nSPS) is 15.2. The third kappa shape index (κ3) is 5.86. The van der Waals surface area contributed by atoms with Crippen molar-refractivity contribution < 1.29 is 22.1 Å². The first kappa shape index (κ1) is 22.0. The van der Waals surface area contributed by atoms with E-state index in [1.165, 1.54) is 31.5 Å². The third-order valence-electron chi connectivity index (χ3n) is 5.18. The fraction of sp³-hybridized carbons (Fsp3) is 0.381. The van der Waals surface area contributed by atoms with Crippen molar-refractivity contribution in [2.75, 3.05) is 26.7 Å². The van der Waals surface area contributed by atoms with E-state index in [4.69, 9.17) is 23.2 Å². The Labute approximate surface area is 177 Å². The zero-order valence-corrected chi connectivity index (χ0v) is 17.7. The summed E-state index contributed by atoms with van der Waals surface area (Å²) in [5.74, 6) is 0.0934. The molecule has 1 N–H and O–H groups in total. The third-order valence-corrected chi connectivity index (χ3v) is 5.92. The number of hydrogen-bond donors (Lipinski definition) is 1.